The largest absolute Gasteiger partial charge is 0.497 e. The van der Waals surface area contributed by atoms with Gasteiger partial charge in [-0.05, 0) is 63.2 Å². The molecule has 0 bridgehead atoms. The summed E-state index contributed by atoms with van der Waals surface area (Å²) in [4.78, 5) is 13.0. The molecule has 1 aliphatic heterocycles. The fourth-order valence-electron chi connectivity index (χ4n) is 3.25. The van der Waals surface area contributed by atoms with Crippen molar-refractivity contribution < 1.29 is 14.3 Å². The molecule has 0 saturated carbocycles. The Morgan fingerprint density at radius 2 is 2.00 bits per heavy atom. The van der Waals surface area contributed by atoms with Gasteiger partial charge < -0.3 is 20.1 Å². The van der Waals surface area contributed by atoms with Gasteiger partial charge >= 0.3 is 0 Å². The van der Waals surface area contributed by atoms with Gasteiger partial charge in [-0.1, -0.05) is 0 Å². The van der Waals surface area contributed by atoms with E-state index in [9.17, 15) is 4.79 Å². The van der Waals surface area contributed by atoms with Crippen molar-refractivity contribution in [3.8, 4) is 11.5 Å². The van der Waals surface area contributed by atoms with Crippen LogP contribution >= 0.6 is 0 Å². The molecular weight excluding hydrogens is 332 g/mol. The number of methoxy groups -OCH3 is 1. The van der Waals surface area contributed by atoms with Gasteiger partial charge in [-0.2, -0.15) is 5.10 Å². The van der Waals surface area contributed by atoms with Crippen LogP contribution in [0, 0.1) is 0 Å². The summed E-state index contributed by atoms with van der Waals surface area (Å²) in [5.74, 6) is 1.52. The molecule has 2 heterocycles. The van der Waals surface area contributed by atoms with Crippen molar-refractivity contribution in [3.05, 3.63) is 42.7 Å². The molecule has 7 nitrogen and oxygen atoms in total. The second-order valence-electron chi connectivity index (χ2n) is 6.55. The lowest BCUT2D eigenvalue weighted by Crippen LogP contribution is -2.55. The van der Waals surface area contributed by atoms with E-state index in [0.717, 1.165) is 24.6 Å². The number of carbonyl (C=O) groups excluding carboxylic acids is 1. The lowest BCUT2D eigenvalue weighted by Gasteiger charge is -2.36. The topological polar surface area (TPSA) is 77.4 Å². The van der Waals surface area contributed by atoms with Gasteiger partial charge in [-0.15, -0.1) is 0 Å². The molecule has 1 aromatic heterocycles. The fourth-order valence-corrected chi connectivity index (χ4v) is 3.25. The predicted octanol–water partition coefficient (Wildman–Crippen LogP) is 1.55. The number of hydrogen-bond acceptors (Lipinski definition) is 5. The molecule has 1 aliphatic rings. The molecule has 1 unspecified atom stereocenters. The average Bonchev–Trinajstić information content (AvgIpc) is 3.22. The van der Waals surface area contributed by atoms with E-state index in [1.165, 1.54) is 0 Å². The molecule has 26 heavy (non-hydrogen) atoms. The highest BCUT2D eigenvalue weighted by Crippen LogP contribution is 2.27. The second kappa shape index (κ2) is 8.23. The van der Waals surface area contributed by atoms with Gasteiger partial charge in [0, 0.05) is 12.4 Å². The summed E-state index contributed by atoms with van der Waals surface area (Å²) in [5, 5.41) is 10.7. The van der Waals surface area contributed by atoms with Gasteiger partial charge in [-0.25, -0.2) is 0 Å². The molecule has 0 radical (unpaired) electrons. The van der Waals surface area contributed by atoms with E-state index in [4.69, 9.17) is 9.47 Å². The molecule has 3 rings (SSSR count). The number of aromatic nitrogens is 2. The minimum atomic E-state index is -0.630. The normalized spacial score (nSPS) is 17.3. The number of carbonyl (C=O) groups is 1. The molecule has 1 saturated heterocycles. The summed E-state index contributed by atoms with van der Waals surface area (Å²) in [5.41, 5.74) is -0.630. The summed E-state index contributed by atoms with van der Waals surface area (Å²) in [6, 6.07) is 9.27. The number of rotatable bonds is 7. The van der Waals surface area contributed by atoms with E-state index in [-0.39, 0.29) is 12.0 Å². The first-order chi connectivity index (χ1) is 12.6. The molecule has 2 N–H and O–H groups in total. The zero-order valence-corrected chi connectivity index (χ0v) is 15.3. The maximum absolute atomic E-state index is 13.0. The highest BCUT2D eigenvalue weighted by atomic mass is 16.5. The van der Waals surface area contributed by atoms with Gasteiger partial charge in [0.25, 0.3) is 0 Å². The number of hydrogen-bond donors (Lipinski definition) is 2. The monoisotopic (exact) mass is 358 g/mol. The van der Waals surface area contributed by atoms with Gasteiger partial charge in [0.05, 0.1) is 13.7 Å². The van der Waals surface area contributed by atoms with Gasteiger partial charge in [0.1, 0.15) is 23.1 Å². The Balaban J connectivity index is 1.59. The zero-order chi connectivity index (χ0) is 18.4. The summed E-state index contributed by atoms with van der Waals surface area (Å²) in [7, 11) is 1.63. The number of benzene rings is 1. The van der Waals surface area contributed by atoms with Crippen molar-refractivity contribution in [2.45, 2.75) is 31.4 Å². The van der Waals surface area contributed by atoms with Gasteiger partial charge in [-0.3, -0.25) is 9.48 Å². The SMILES string of the molecule is COc1ccc(OC(C)CNC(=O)C2(n3cccn3)CCNCC2)cc1. The molecule has 1 amide bonds. The van der Waals surface area contributed by atoms with Crippen LogP contribution < -0.4 is 20.1 Å². The Kier molecular flexibility index (Phi) is 5.78. The van der Waals surface area contributed by atoms with Crippen molar-refractivity contribution in [2.24, 2.45) is 0 Å². The summed E-state index contributed by atoms with van der Waals surface area (Å²) >= 11 is 0. The molecule has 140 valence electrons. The lowest BCUT2D eigenvalue weighted by molar-refractivity contribution is -0.132. The Hall–Kier alpha value is -2.54. The summed E-state index contributed by atoms with van der Waals surface area (Å²) in [6.07, 6.45) is 4.86. The Morgan fingerprint density at radius 1 is 1.31 bits per heavy atom. The molecule has 0 aliphatic carbocycles. The van der Waals surface area contributed by atoms with Crippen molar-refractivity contribution in [3.63, 3.8) is 0 Å². The first-order valence-corrected chi connectivity index (χ1v) is 8.94. The Morgan fingerprint density at radius 3 is 2.62 bits per heavy atom. The Labute approximate surface area is 153 Å². The highest BCUT2D eigenvalue weighted by Gasteiger charge is 2.41. The van der Waals surface area contributed by atoms with Crippen molar-refractivity contribution in [1.29, 1.82) is 0 Å². The summed E-state index contributed by atoms with van der Waals surface area (Å²) < 4.78 is 12.8. The first kappa shape index (κ1) is 18.3. The van der Waals surface area contributed by atoms with E-state index in [0.29, 0.717) is 19.4 Å². The van der Waals surface area contributed by atoms with Crippen LogP contribution in [0.2, 0.25) is 0 Å². The molecule has 1 aromatic carbocycles. The molecule has 7 heteroatoms. The van der Waals surface area contributed by atoms with Crippen molar-refractivity contribution >= 4 is 5.91 Å². The third-order valence-corrected chi connectivity index (χ3v) is 4.74. The van der Waals surface area contributed by atoms with Crippen LogP contribution in [0.15, 0.2) is 42.7 Å². The van der Waals surface area contributed by atoms with E-state index in [1.807, 2.05) is 43.5 Å². The third-order valence-electron chi connectivity index (χ3n) is 4.74. The van der Waals surface area contributed by atoms with E-state index in [1.54, 1.807) is 18.0 Å². The van der Waals surface area contributed by atoms with E-state index >= 15 is 0 Å². The van der Waals surface area contributed by atoms with Crippen LogP contribution in [-0.4, -0.2) is 48.5 Å². The number of nitrogens with one attached hydrogen (secondary N) is 2. The molecule has 0 spiro atoms. The third kappa shape index (κ3) is 3.99. The standard InChI is InChI=1S/C19H26N4O3/c1-15(26-17-6-4-16(25-2)5-7-17)14-21-18(24)19(8-11-20-12-9-19)23-13-3-10-22-23/h3-7,10,13,15,20H,8-9,11-12,14H2,1-2H3,(H,21,24). The van der Waals surface area contributed by atoms with E-state index in [2.05, 4.69) is 15.7 Å². The minimum absolute atomic E-state index is 0.00659. The average molecular weight is 358 g/mol. The fraction of sp³-hybridized carbons (Fsp3) is 0.474. The summed E-state index contributed by atoms with van der Waals surface area (Å²) in [6.45, 7) is 3.96. The molecule has 2 aromatic rings. The van der Waals surface area contributed by atoms with Crippen LogP contribution in [0.25, 0.3) is 0 Å². The van der Waals surface area contributed by atoms with Crippen LogP contribution in [0.5, 0.6) is 11.5 Å². The highest BCUT2D eigenvalue weighted by molar-refractivity contribution is 5.84. The van der Waals surface area contributed by atoms with Crippen LogP contribution in [0.1, 0.15) is 19.8 Å². The quantitative estimate of drug-likeness (QED) is 0.785. The maximum atomic E-state index is 13.0. The minimum Gasteiger partial charge on any atom is -0.497 e. The predicted molar refractivity (Wildman–Crippen MR) is 98.4 cm³/mol. The number of amides is 1. The van der Waals surface area contributed by atoms with E-state index < -0.39 is 5.54 Å². The first-order valence-electron chi connectivity index (χ1n) is 8.94. The smallest absolute Gasteiger partial charge is 0.248 e. The van der Waals surface area contributed by atoms with Gasteiger partial charge in [0.15, 0.2) is 0 Å². The molecular formula is C19H26N4O3. The lowest BCUT2D eigenvalue weighted by atomic mass is 9.87. The van der Waals surface area contributed by atoms with Crippen LogP contribution in [-0.2, 0) is 10.3 Å². The van der Waals surface area contributed by atoms with Crippen LogP contribution in [0.4, 0.5) is 0 Å². The second-order valence-corrected chi connectivity index (χ2v) is 6.55. The number of piperidine rings is 1. The van der Waals surface area contributed by atoms with Crippen molar-refractivity contribution in [1.82, 2.24) is 20.4 Å². The molecule has 1 atom stereocenters. The molecule has 1 fully saturated rings. The van der Waals surface area contributed by atoms with Gasteiger partial charge in [0.2, 0.25) is 5.91 Å². The number of ether oxygens (including phenoxy) is 2. The zero-order valence-electron chi connectivity index (χ0n) is 15.3. The van der Waals surface area contributed by atoms with Crippen molar-refractivity contribution in [2.75, 3.05) is 26.7 Å². The van der Waals surface area contributed by atoms with Crippen LogP contribution in [0.3, 0.4) is 0 Å². The Bertz CT molecular complexity index is 694. The number of nitrogens with zero attached hydrogens (tertiary/aromatic N) is 2. The maximum Gasteiger partial charge on any atom is 0.248 e.